The molecule has 2 N–H and O–H groups in total. The maximum absolute atomic E-state index is 11.3. The lowest BCUT2D eigenvalue weighted by Crippen LogP contribution is -2.30. The largest absolute Gasteiger partial charge is 0.481 e. The molecule has 0 aromatic carbocycles. The summed E-state index contributed by atoms with van der Waals surface area (Å²) in [6.07, 6.45) is -8.90. The Labute approximate surface area is 54.1 Å². The molecule has 0 saturated heterocycles. The number of hydrogen-bond donors (Lipinski definition) is 2. The van der Waals surface area contributed by atoms with E-state index in [9.17, 15) is 18.0 Å². The average molecular weight is 158 g/mol. The molecule has 0 unspecified atom stereocenters. The van der Waals surface area contributed by atoms with Crippen molar-refractivity contribution in [1.29, 1.82) is 0 Å². The second-order valence-electron chi connectivity index (χ2n) is 1.66. The predicted octanol–water partition coefficient (Wildman–Crippen LogP) is 0.384. The summed E-state index contributed by atoms with van der Waals surface area (Å²) in [7, 11) is 0. The zero-order valence-electron chi connectivity index (χ0n) is 4.72. The van der Waals surface area contributed by atoms with Crippen molar-refractivity contribution >= 4 is 5.97 Å². The first-order valence-corrected chi connectivity index (χ1v) is 2.30. The molecular weight excluding hydrogens is 153 g/mol. The van der Waals surface area contributed by atoms with Gasteiger partial charge >= 0.3 is 12.1 Å². The molecule has 0 fully saturated rings. The van der Waals surface area contributed by atoms with E-state index in [2.05, 4.69) is 0 Å². The highest BCUT2D eigenvalue weighted by molar-refractivity contribution is 5.67. The Morgan fingerprint density at radius 2 is 1.90 bits per heavy atom. The molecule has 3 nitrogen and oxygen atoms in total. The summed E-state index contributed by atoms with van der Waals surface area (Å²) in [5.41, 5.74) is 0. The van der Waals surface area contributed by atoms with Gasteiger partial charge < -0.3 is 10.2 Å². The molecule has 0 aromatic rings. The van der Waals surface area contributed by atoms with Gasteiger partial charge in [-0.15, -0.1) is 0 Å². The second-order valence-corrected chi connectivity index (χ2v) is 1.66. The van der Waals surface area contributed by atoms with E-state index in [0.717, 1.165) is 0 Å². The van der Waals surface area contributed by atoms with Crippen LogP contribution in [0.1, 0.15) is 6.42 Å². The molecule has 0 aliphatic heterocycles. The molecule has 0 saturated carbocycles. The van der Waals surface area contributed by atoms with E-state index in [1.165, 1.54) is 0 Å². The van der Waals surface area contributed by atoms with E-state index < -0.39 is 24.7 Å². The Kier molecular flexibility index (Phi) is 2.65. The molecule has 0 radical (unpaired) electrons. The van der Waals surface area contributed by atoms with Crippen LogP contribution < -0.4 is 0 Å². The molecule has 0 amide bonds. The van der Waals surface area contributed by atoms with Crippen molar-refractivity contribution < 1.29 is 28.2 Å². The van der Waals surface area contributed by atoms with Crippen molar-refractivity contribution in [3.8, 4) is 0 Å². The first kappa shape index (κ1) is 9.22. The monoisotopic (exact) mass is 158 g/mol. The number of aliphatic hydroxyl groups is 1. The van der Waals surface area contributed by atoms with Gasteiger partial charge in [0.1, 0.15) is 0 Å². The normalized spacial score (nSPS) is 14.8. The van der Waals surface area contributed by atoms with Crippen molar-refractivity contribution in [3.63, 3.8) is 0 Å². The number of alkyl halides is 3. The molecule has 6 heteroatoms. The number of hydrogen-bond acceptors (Lipinski definition) is 2. The molecule has 0 heterocycles. The minimum Gasteiger partial charge on any atom is -0.481 e. The molecule has 0 aliphatic rings. The van der Waals surface area contributed by atoms with Crippen LogP contribution in [0.3, 0.4) is 0 Å². The summed E-state index contributed by atoms with van der Waals surface area (Å²) >= 11 is 0. The van der Waals surface area contributed by atoms with Gasteiger partial charge in [0.2, 0.25) is 0 Å². The molecule has 0 spiro atoms. The number of aliphatic hydroxyl groups excluding tert-OH is 1. The molecule has 60 valence electrons. The lowest BCUT2D eigenvalue weighted by Gasteiger charge is -2.10. The Bertz CT molecular complexity index is 130. The van der Waals surface area contributed by atoms with Crippen LogP contribution in [-0.2, 0) is 4.79 Å². The highest BCUT2D eigenvalue weighted by Crippen LogP contribution is 2.21. The summed E-state index contributed by atoms with van der Waals surface area (Å²) in [5.74, 6) is -1.68. The summed E-state index contributed by atoms with van der Waals surface area (Å²) in [4.78, 5) is 9.60. The minimum absolute atomic E-state index is 1.30. The Morgan fingerprint density at radius 1 is 1.50 bits per heavy atom. The fourth-order valence-corrected chi connectivity index (χ4v) is 0.281. The Balaban J connectivity index is 3.85. The molecule has 0 rings (SSSR count). The third-order valence-electron chi connectivity index (χ3n) is 0.746. The first-order valence-electron chi connectivity index (χ1n) is 2.30. The fraction of sp³-hybridized carbons (Fsp3) is 0.750. The van der Waals surface area contributed by atoms with E-state index in [-0.39, 0.29) is 0 Å². The molecular formula is C4H5F3O3. The summed E-state index contributed by atoms with van der Waals surface area (Å²) < 4.78 is 33.9. The van der Waals surface area contributed by atoms with E-state index in [4.69, 9.17) is 10.2 Å². The van der Waals surface area contributed by atoms with Gasteiger partial charge in [0.25, 0.3) is 0 Å². The zero-order chi connectivity index (χ0) is 8.36. The first-order chi connectivity index (χ1) is 4.34. The third-order valence-corrected chi connectivity index (χ3v) is 0.746. The molecule has 0 aliphatic carbocycles. The zero-order valence-corrected chi connectivity index (χ0v) is 4.72. The van der Waals surface area contributed by atoms with Crippen LogP contribution >= 0.6 is 0 Å². The van der Waals surface area contributed by atoms with E-state index in [1.54, 1.807) is 0 Å². The summed E-state index contributed by atoms with van der Waals surface area (Å²) in [6, 6.07) is 0. The van der Waals surface area contributed by atoms with E-state index >= 15 is 0 Å². The van der Waals surface area contributed by atoms with Gasteiger partial charge in [0, 0.05) is 0 Å². The number of carboxylic acids is 1. The SMILES string of the molecule is O=C(O)C[C@@H](O)C(F)(F)F. The second kappa shape index (κ2) is 2.87. The lowest BCUT2D eigenvalue weighted by molar-refractivity contribution is -0.208. The van der Waals surface area contributed by atoms with Crippen molar-refractivity contribution in [2.45, 2.75) is 18.7 Å². The lowest BCUT2D eigenvalue weighted by atomic mass is 10.2. The minimum atomic E-state index is -4.83. The molecule has 0 aromatic heterocycles. The Hall–Kier alpha value is -0.780. The van der Waals surface area contributed by atoms with Gasteiger partial charge in [-0.3, -0.25) is 4.79 Å². The number of carboxylic acid groups (broad SMARTS) is 1. The summed E-state index contributed by atoms with van der Waals surface area (Å²) in [6.45, 7) is 0. The average Bonchev–Trinajstić information content (AvgIpc) is 1.60. The van der Waals surface area contributed by atoms with Gasteiger partial charge in [0.15, 0.2) is 6.10 Å². The standard InChI is InChI=1S/C4H5F3O3/c5-4(6,7)2(8)1-3(9)10/h2,8H,1H2,(H,9,10)/t2-/m1/s1. The highest BCUT2D eigenvalue weighted by atomic mass is 19.4. The fourth-order valence-electron chi connectivity index (χ4n) is 0.281. The van der Waals surface area contributed by atoms with Crippen LogP contribution in [0.15, 0.2) is 0 Å². The van der Waals surface area contributed by atoms with Crippen LogP contribution in [-0.4, -0.2) is 28.5 Å². The van der Waals surface area contributed by atoms with Gasteiger partial charge in [0.05, 0.1) is 6.42 Å². The van der Waals surface area contributed by atoms with Crippen LogP contribution in [0.25, 0.3) is 0 Å². The predicted molar refractivity (Wildman–Crippen MR) is 24.3 cm³/mol. The number of halogens is 3. The van der Waals surface area contributed by atoms with Crippen LogP contribution in [0, 0.1) is 0 Å². The summed E-state index contributed by atoms with van der Waals surface area (Å²) in [5, 5.41) is 15.8. The number of rotatable bonds is 2. The van der Waals surface area contributed by atoms with Crippen molar-refractivity contribution in [1.82, 2.24) is 0 Å². The highest BCUT2D eigenvalue weighted by Gasteiger charge is 2.39. The number of carbonyl (C=O) groups is 1. The van der Waals surface area contributed by atoms with Crippen LogP contribution in [0.2, 0.25) is 0 Å². The number of aliphatic carboxylic acids is 1. The maximum Gasteiger partial charge on any atom is 0.414 e. The van der Waals surface area contributed by atoms with Crippen LogP contribution in [0.5, 0.6) is 0 Å². The van der Waals surface area contributed by atoms with Gasteiger partial charge in [-0.05, 0) is 0 Å². The molecule has 0 bridgehead atoms. The Morgan fingerprint density at radius 3 is 2.00 bits per heavy atom. The van der Waals surface area contributed by atoms with E-state index in [1.807, 2.05) is 0 Å². The van der Waals surface area contributed by atoms with Crippen molar-refractivity contribution in [2.75, 3.05) is 0 Å². The van der Waals surface area contributed by atoms with Crippen LogP contribution in [0.4, 0.5) is 13.2 Å². The quantitative estimate of drug-likeness (QED) is 0.610. The third kappa shape index (κ3) is 3.29. The van der Waals surface area contributed by atoms with Gasteiger partial charge in [-0.25, -0.2) is 0 Å². The maximum atomic E-state index is 11.3. The van der Waals surface area contributed by atoms with E-state index in [0.29, 0.717) is 0 Å². The van der Waals surface area contributed by atoms with Crippen molar-refractivity contribution in [2.24, 2.45) is 0 Å². The molecule has 1 atom stereocenters. The molecule has 10 heavy (non-hydrogen) atoms. The van der Waals surface area contributed by atoms with Crippen molar-refractivity contribution in [3.05, 3.63) is 0 Å². The topological polar surface area (TPSA) is 57.5 Å². The smallest absolute Gasteiger partial charge is 0.414 e. The van der Waals surface area contributed by atoms with Gasteiger partial charge in [-0.2, -0.15) is 13.2 Å². The van der Waals surface area contributed by atoms with Gasteiger partial charge in [-0.1, -0.05) is 0 Å².